The topological polar surface area (TPSA) is 75.0 Å². The summed E-state index contributed by atoms with van der Waals surface area (Å²) in [5.74, 6) is 0.118. The summed E-state index contributed by atoms with van der Waals surface area (Å²) in [4.78, 5) is 17.8. The summed E-state index contributed by atoms with van der Waals surface area (Å²) in [6.07, 6.45) is 4.58. The van der Waals surface area contributed by atoms with Crippen molar-refractivity contribution in [2.45, 2.75) is 39.2 Å². The maximum absolute atomic E-state index is 12.0. The Balaban J connectivity index is 1.96. The highest BCUT2D eigenvalue weighted by Crippen LogP contribution is 2.23. The maximum atomic E-state index is 12.0. The Morgan fingerprint density at radius 3 is 2.59 bits per heavy atom. The summed E-state index contributed by atoms with van der Waals surface area (Å²) < 4.78 is 5.38. The molecule has 22 heavy (non-hydrogen) atoms. The minimum absolute atomic E-state index is 0.118. The molecule has 0 atom stereocenters. The number of aromatic nitrogens is 1. The van der Waals surface area contributed by atoms with Gasteiger partial charge < -0.3 is 14.8 Å². The molecule has 1 saturated heterocycles. The number of hydrogen-bond acceptors (Lipinski definition) is 5. The van der Waals surface area contributed by atoms with Gasteiger partial charge in [-0.15, -0.1) is 0 Å². The summed E-state index contributed by atoms with van der Waals surface area (Å²) in [6.45, 7) is 6.77. The molecule has 0 unspecified atom stereocenters. The summed E-state index contributed by atoms with van der Waals surface area (Å²) in [5.41, 5.74) is 0.971. The summed E-state index contributed by atoms with van der Waals surface area (Å²) in [7, 11) is 0. The second-order valence-corrected chi connectivity index (χ2v) is 6.47. The molecule has 0 saturated carbocycles. The standard InChI is InChI=1S/C16H23N3O3/c1-16(2,3)22-15(20)19-9-6-12(7-10-19)14(18-21)13-5-4-8-17-11-13/h4-5,8,11-12,21H,6-7,9-10H2,1-3H3/b18-14-. The lowest BCUT2D eigenvalue weighted by atomic mass is 9.89. The first-order valence-electron chi connectivity index (χ1n) is 7.51. The molecule has 1 aromatic rings. The van der Waals surface area contributed by atoms with Gasteiger partial charge in [-0.25, -0.2) is 4.79 Å². The van der Waals surface area contributed by atoms with Gasteiger partial charge in [0.15, 0.2) is 0 Å². The Kier molecular flexibility index (Phi) is 5.00. The van der Waals surface area contributed by atoms with Gasteiger partial charge in [-0.05, 0) is 45.7 Å². The zero-order valence-corrected chi connectivity index (χ0v) is 13.3. The molecule has 0 spiro atoms. The van der Waals surface area contributed by atoms with Crippen molar-refractivity contribution in [1.29, 1.82) is 0 Å². The van der Waals surface area contributed by atoms with E-state index in [0.29, 0.717) is 18.8 Å². The van der Waals surface area contributed by atoms with Crippen molar-refractivity contribution in [2.75, 3.05) is 13.1 Å². The molecule has 1 aliphatic heterocycles. The molecule has 1 N–H and O–H groups in total. The predicted molar refractivity (Wildman–Crippen MR) is 83.1 cm³/mol. The number of oxime groups is 1. The molecule has 6 nitrogen and oxygen atoms in total. The van der Waals surface area contributed by atoms with Crippen LogP contribution in [0.2, 0.25) is 0 Å². The Morgan fingerprint density at radius 2 is 2.09 bits per heavy atom. The number of carbonyl (C=O) groups is 1. The van der Waals surface area contributed by atoms with E-state index in [9.17, 15) is 10.0 Å². The van der Waals surface area contributed by atoms with Crippen LogP contribution in [-0.4, -0.2) is 45.6 Å². The van der Waals surface area contributed by atoms with Crippen molar-refractivity contribution in [2.24, 2.45) is 11.1 Å². The lowest BCUT2D eigenvalue weighted by Crippen LogP contribution is -2.43. The number of rotatable bonds is 2. The minimum Gasteiger partial charge on any atom is -0.444 e. The number of ether oxygens (including phenoxy) is 1. The van der Waals surface area contributed by atoms with E-state index < -0.39 is 5.60 Å². The average Bonchev–Trinajstić information content (AvgIpc) is 2.48. The summed E-state index contributed by atoms with van der Waals surface area (Å²) >= 11 is 0. The highest BCUT2D eigenvalue weighted by molar-refractivity contribution is 6.01. The maximum Gasteiger partial charge on any atom is 0.410 e. The van der Waals surface area contributed by atoms with Crippen LogP contribution in [0, 0.1) is 5.92 Å². The molecule has 2 heterocycles. The number of carbonyl (C=O) groups excluding carboxylic acids is 1. The van der Waals surface area contributed by atoms with Gasteiger partial charge in [0.05, 0.1) is 5.71 Å². The van der Waals surface area contributed by atoms with E-state index in [1.54, 1.807) is 17.3 Å². The highest BCUT2D eigenvalue weighted by Gasteiger charge is 2.29. The third kappa shape index (κ3) is 4.19. The van der Waals surface area contributed by atoms with E-state index in [4.69, 9.17) is 4.74 Å². The van der Waals surface area contributed by atoms with E-state index in [1.165, 1.54) is 0 Å². The van der Waals surface area contributed by atoms with Crippen LogP contribution in [0.25, 0.3) is 0 Å². The summed E-state index contributed by atoms with van der Waals surface area (Å²) in [5, 5.41) is 12.8. The average molecular weight is 305 g/mol. The van der Waals surface area contributed by atoms with E-state index in [-0.39, 0.29) is 12.0 Å². The Hall–Kier alpha value is -2.11. The fourth-order valence-electron chi connectivity index (χ4n) is 2.55. The van der Waals surface area contributed by atoms with E-state index in [2.05, 4.69) is 10.1 Å². The molecule has 1 aliphatic rings. The SMILES string of the molecule is CC(C)(C)OC(=O)N1CCC(/C(=N/O)c2cccnc2)CC1. The van der Waals surface area contributed by atoms with Crippen molar-refractivity contribution < 1.29 is 14.7 Å². The molecular weight excluding hydrogens is 282 g/mol. The molecular formula is C16H23N3O3. The number of pyridine rings is 1. The van der Waals surface area contributed by atoms with E-state index in [1.807, 2.05) is 32.9 Å². The monoisotopic (exact) mass is 305 g/mol. The zero-order valence-electron chi connectivity index (χ0n) is 13.3. The quantitative estimate of drug-likeness (QED) is 0.518. The van der Waals surface area contributed by atoms with Gasteiger partial charge in [0.1, 0.15) is 5.60 Å². The number of hydrogen-bond donors (Lipinski definition) is 1. The van der Waals surface area contributed by atoms with Gasteiger partial charge in [0.25, 0.3) is 0 Å². The number of nitrogens with zero attached hydrogens (tertiary/aromatic N) is 3. The molecule has 120 valence electrons. The predicted octanol–water partition coefficient (Wildman–Crippen LogP) is 2.91. The minimum atomic E-state index is -0.485. The van der Waals surface area contributed by atoms with Crippen LogP contribution >= 0.6 is 0 Å². The van der Waals surface area contributed by atoms with Crippen LogP contribution in [0.3, 0.4) is 0 Å². The van der Waals surface area contributed by atoms with Gasteiger partial charge in [0.2, 0.25) is 0 Å². The summed E-state index contributed by atoms with van der Waals surface area (Å²) in [6, 6.07) is 3.69. The van der Waals surface area contributed by atoms with Crippen LogP contribution in [0.4, 0.5) is 4.79 Å². The fraction of sp³-hybridized carbons (Fsp3) is 0.562. The molecule has 1 aromatic heterocycles. The van der Waals surface area contributed by atoms with Crippen LogP contribution < -0.4 is 0 Å². The molecule has 0 radical (unpaired) electrons. The second-order valence-electron chi connectivity index (χ2n) is 6.47. The number of piperidine rings is 1. The van der Waals surface area contributed by atoms with Crippen LogP contribution in [0.15, 0.2) is 29.7 Å². The molecule has 1 fully saturated rings. The molecule has 0 aromatic carbocycles. The molecule has 6 heteroatoms. The fourth-order valence-corrected chi connectivity index (χ4v) is 2.55. The highest BCUT2D eigenvalue weighted by atomic mass is 16.6. The van der Waals surface area contributed by atoms with Crippen LogP contribution in [0.5, 0.6) is 0 Å². The normalized spacial score (nSPS) is 17.4. The molecule has 0 aliphatic carbocycles. The first-order valence-corrected chi connectivity index (χ1v) is 7.51. The third-order valence-electron chi connectivity index (χ3n) is 3.60. The Labute approximate surface area is 130 Å². The number of amides is 1. The second kappa shape index (κ2) is 6.77. The van der Waals surface area contributed by atoms with Crippen LogP contribution in [-0.2, 0) is 4.74 Å². The van der Waals surface area contributed by atoms with Gasteiger partial charge in [-0.2, -0.15) is 0 Å². The smallest absolute Gasteiger partial charge is 0.410 e. The Bertz CT molecular complexity index is 529. The lowest BCUT2D eigenvalue weighted by Gasteiger charge is -2.33. The zero-order chi connectivity index (χ0) is 16.2. The first kappa shape index (κ1) is 16.3. The lowest BCUT2D eigenvalue weighted by molar-refractivity contribution is 0.0201. The van der Waals surface area contributed by atoms with Gasteiger partial charge in [-0.1, -0.05) is 5.16 Å². The van der Waals surface area contributed by atoms with E-state index in [0.717, 1.165) is 18.4 Å². The van der Waals surface area contributed by atoms with Crippen molar-refractivity contribution in [3.05, 3.63) is 30.1 Å². The molecule has 2 rings (SSSR count). The Morgan fingerprint density at radius 1 is 1.41 bits per heavy atom. The largest absolute Gasteiger partial charge is 0.444 e. The van der Waals surface area contributed by atoms with Crippen molar-refractivity contribution in [3.63, 3.8) is 0 Å². The molecule has 1 amide bonds. The van der Waals surface area contributed by atoms with Crippen molar-refractivity contribution in [3.8, 4) is 0 Å². The van der Waals surface area contributed by atoms with Gasteiger partial charge >= 0.3 is 6.09 Å². The van der Waals surface area contributed by atoms with Gasteiger partial charge in [-0.3, -0.25) is 4.98 Å². The number of likely N-dealkylation sites (tertiary alicyclic amines) is 1. The van der Waals surface area contributed by atoms with Gasteiger partial charge in [0, 0.05) is 37.0 Å². The molecule has 0 bridgehead atoms. The third-order valence-corrected chi connectivity index (χ3v) is 3.60. The van der Waals surface area contributed by atoms with E-state index >= 15 is 0 Å². The van der Waals surface area contributed by atoms with Crippen molar-refractivity contribution in [1.82, 2.24) is 9.88 Å². The van der Waals surface area contributed by atoms with Crippen LogP contribution in [0.1, 0.15) is 39.2 Å². The van der Waals surface area contributed by atoms with Crippen molar-refractivity contribution >= 4 is 11.8 Å². The first-order chi connectivity index (χ1) is 10.4.